The third kappa shape index (κ3) is 4.50. The summed E-state index contributed by atoms with van der Waals surface area (Å²) in [6, 6.07) is 7.89. The molecule has 0 aliphatic heterocycles. The number of benzene rings is 1. The lowest BCUT2D eigenvalue weighted by Crippen LogP contribution is -2.36. The Hall–Kier alpha value is -1.66. The van der Waals surface area contributed by atoms with Crippen LogP contribution in [0.25, 0.3) is 6.08 Å². The van der Waals surface area contributed by atoms with Crippen molar-refractivity contribution in [1.82, 2.24) is 4.31 Å². The van der Waals surface area contributed by atoms with Gasteiger partial charge in [0.1, 0.15) is 0 Å². The van der Waals surface area contributed by atoms with Gasteiger partial charge >= 0.3 is 5.97 Å². The fourth-order valence-electron chi connectivity index (χ4n) is 3.12. The summed E-state index contributed by atoms with van der Waals surface area (Å²) in [5.74, 6) is 0.0786. The number of esters is 1. The Morgan fingerprint density at radius 2 is 2.00 bits per heavy atom. The van der Waals surface area contributed by atoms with E-state index >= 15 is 0 Å². The Labute approximate surface area is 149 Å². The molecular formula is C19H25NO4S. The van der Waals surface area contributed by atoms with Crippen molar-refractivity contribution < 1.29 is 17.9 Å². The molecule has 3 rings (SSSR count). The van der Waals surface area contributed by atoms with Gasteiger partial charge < -0.3 is 4.74 Å². The summed E-state index contributed by atoms with van der Waals surface area (Å²) in [4.78, 5) is 12.1. The van der Waals surface area contributed by atoms with Crippen LogP contribution < -0.4 is 0 Å². The molecule has 5 nitrogen and oxygen atoms in total. The third-order valence-electron chi connectivity index (χ3n) is 4.71. The SMILES string of the molecule is CCOC(=O)CCN(CC1CC1)S(=O)(=O)C1=Cc2ccccc2CC1. The van der Waals surface area contributed by atoms with E-state index in [2.05, 4.69) is 0 Å². The normalized spacial score (nSPS) is 17.1. The monoisotopic (exact) mass is 363 g/mol. The first kappa shape index (κ1) is 18.1. The van der Waals surface area contributed by atoms with Crippen LogP contribution in [0.15, 0.2) is 29.2 Å². The molecule has 2 aliphatic carbocycles. The number of ether oxygens (including phenoxy) is 1. The van der Waals surface area contributed by atoms with Gasteiger partial charge in [-0.1, -0.05) is 24.3 Å². The molecule has 0 aromatic heterocycles. The highest BCUT2D eigenvalue weighted by atomic mass is 32.2. The van der Waals surface area contributed by atoms with E-state index in [-0.39, 0.29) is 18.9 Å². The molecule has 1 aromatic carbocycles. The molecule has 136 valence electrons. The fourth-order valence-corrected chi connectivity index (χ4v) is 4.83. The van der Waals surface area contributed by atoms with Gasteiger partial charge in [-0.15, -0.1) is 0 Å². The molecule has 0 atom stereocenters. The highest BCUT2D eigenvalue weighted by Gasteiger charge is 2.33. The van der Waals surface area contributed by atoms with Gasteiger partial charge in [0.15, 0.2) is 0 Å². The number of nitrogens with zero attached hydrogens (tertiary/aromatic N) is 1. The lowest BCUT2D eigenvalue weighted by molar-refractivity contribution is -0.143. The van der Waals surface area contributed by atoms with E-state index in [0.29, 0.717) is 30.4 Å². The maximum absolute atomic E-state index is 13.1. The Kier molecular flexibility index (Phi) is 5.59. The van der Waals surface area contributed by atoms with Crippen molar-refractivity contribution in [1.29, 1.82) is 0 Å². The molecule has 1 saturated carbocycles. The number of fused-ring (bicyclic) bond motifs is 1. The minimum absolute atomic E-state index is 0.101. The number of sulfonamides is 1. The predicted octanol–water partition coefficient (Wildman–Crippen LogP) is 2.97. The Balaban J connectivity index is 1.78. The lowest BCUT2D eigenvalue weighted by atomic mass is 9.98. The zero-order chi connectivity index (χ0) is 17.9. The van der Waals surface area contributed by atoms with Crippen molar-refractivity contribution in [3.63, 3.8) is 0 Å². The van der Waals surface area contributed by atoms with Crippen LogP contribution >= 0.6 is 0 Å². The first-order valence-corrected chi connectivity index (χ1v) is 10.4. The number of hydrogen-bond donors (Lipinski definition) is 0. The Bertz CT molecular complexity index is 765. The first-order chi connectivity index (χ1) is 12.0. The van der Waals surface area contributed by atoms with Crippen LogP contribution in [0.2, 0.25) is 0 Å². The van der Waals surface area contributed by atoms with Gasteiger partial charge in [-0.05, 0) is 55.7 Å². The molecule has 0 unspecified atom stereocenters. The zero-order valence-corrected chi connectivity index (χ0v) is 15.4. The second-order valence-corrected chi connectivity index (χ2v) is 8.66. The maximum Gasteiger partial charge on any atom is 0.307 e. The van der Waals surface area contributed by atoms with Crippen LogP contribution in [0, 0.1) is 5.92 Å². The second kappa shape index (κ2) is 7.70. The summed E-state index contributed by atoms with van der Waals surface area (Å²) in [6.45, 7) is 2.76. The molecule has 0 spiro atoms. The molecule has 1 aromatic rings. The number of allylic oxidation sites excluding steroid dienone is 1. The number of aryl methyl sites for hydroxylation is 1. The van der Waals surface area contributed by atoms with Crippen molar-refractivity contribution in [2.75, 3.05) is 19.7 Å². The maximum atomic E-state index is 13.1. The van der Waals surface area contributed by atoms with E-state index in [0.717, 1.165) is 24.8 Å². The lowest BCUT2D eigenvalue weighted by Gasteiger charge is -2.25. The van der Waals surface area contributed by atoms with Gasteiger partial charge in [0.2, 0.25) is 10.0 Å². The highest BCUT2D eigenvalue weighted by Crippen LogP contribution is 2.34. The van der Waals surface area contributed by atoms with Crippen molar-refractivity contribution in [2.24, 2.45) is 5.92 Å². The predicted molar refractivity (Wildman–Crippen MR) is 97.2 cm³/mol. The van der Waals surface area contributed by atoms with Gasteiger partial charge in [0.05, 0.1) is 17.9 Å². The molecule has 25 heavy (non-hydrogen) atoms. The van der Waals surface area contributed by atoms with Crippen LogP contribution in [-0.2, 0) is 26.0 Å². The molecule has 6 heteroatoms. The Morgan fingerprint density at radius 1 is 1.24 bits per heavy atom. The molecule has 2 aliphatic rings. The van der Waals surface area contributed by atoms with E-state index < -0.39 is 10.0 Å². The second-order valence-electron chi connectivity index (χ2n) is 6.67. The van der Waals surface area contributed by atoms with E-state index in [1.807, 2.05) is 24.3 Å². The van der Waals surface area contributed by atoms with Crippen LogP contribution in [-0.4, -0.2) is 38.4 Å². The zero-order valence-electron chi connectivity index (χ0n) is 14.6. The van der Waals surface area contributed by atoms with E-state index in [1.165, 1.54) is 9.87 Å². The molecule has 1 fully saturated rings. The van der Waals surface area contributed by atoms with Gasteiger partial charge in [0.25, 0.3) is 0 Å². The van der Waals surface area contributed by atoms with Crippen molar-refractivity contribution in [2.45, 2.75) is 39.0 Å². The number of carbonyl (C=O) groups excluding carboxylic acids is 1. The minimum atomic E-state index is -3.55. The summed E-state index contributed by atoms with van der Waals surface area (Å²) in [5, 5.41) is 0. The number of carbonyl (C=O) groups is 1. The first-order valence-electron chi connectivity index (χ1n) is 8.95. The largest absolute Gasteiger partial charge is 0.466 e. The average Bonchev–Trinajstić information content (AvgIpc) is 3.42. The molecule has 0 saturated heterocycles. The van der Waals surface area contributed by atoms with Gasteiger partial charge in [-0.3, -0.25) is 4.79 Å². The smallest absolute Gasteiger partial charge is 0.307 e. The molecule has 0 N–H and O–H groups in total. The van der Waals surface area contributed by atoms with Crippen LogP contribution in [0.1, 0.15) is 43.7 Å². The Morgan fingerprint density at radius 3 is 2.72 bits per heavy atom. The fraction of sp³-hybridized carbons (Fsp3) is 0.526. The summed E-state index contributed by atoms with van der Waals surface area (Å²) in [6.07, 6.45) is 5.26. The summed E-state index contributed by atoms with van der Waals surface area (Å²) < 4.78 is 32.7. The molecule has 0 radical (unpaired) electrons. The van der Waals surface area contributed by atoms with E-state index in [9.17, 15) is 13.2 Å². The third-order valence-corrected chi connectivity index (χ3v) is 6.71. The molecule has 0 heterocycles. The van der Waals surface area contributed by atoms with E-state index in [1.54, 1.807) is 13.0 Å². The van der Waals surface area contributed by atoms with Crippen molar-refractivity contribution >= 4 is 22.1 Å². The molecular weight excluding hydrogens is 338 g/mol. The minimum Gasteiger partial charge on any atom is -0.466 e. The van der Waals surface area contributed by atoms with Gasteiger partial charge in [-0.25, -0.2) is 8.42 Å². The summed E-state index contributed by atoms with van der Waals surface area (Å²) >= 11 is 0. The van der Waals surface area contributed by atoms with Crippen LogP contribution in [0.5, 0.6) is 0 Å². The highest BCUT2D eigenvalue weighted by molar-refractivity contribution is 7.93. The molecule has 0 amide bonds. The standard InChI is InChI=1S/C19H25NO4S/c1-2-24-19(21)11-12-20(14-15-7-8-15)25(22,23)18-10-9-16-5-3-4-6-17(16)13-18/h3-6,13,15H,2,7-12,14H2,1H3. The number of rotatable bonds is 8. The summed E-state index contributed by atoms with van der Waals surface area (Å²) in [7, 11) is -3.55. The quantitative estimate of drug-likeness (QED) is 0.666. The number of hydrogen-bond acceptors (Lipinski definition) is 4. The van der Waals surface area contributed by atoms with E-state index in [4.69, 9.17) is 4.74 Å². The van der Waals surface area contributed by atoms with Crippen LogP contribution in [0.3, 0.4) is 0 Å². The van der Waals surface area contributed by atoms with Crippen molar-refractivity contribution in [3.8, 4) is 0 Å². The van der Waals surface area contributed by atoms with Gasteiger partial charge in [-0.2, -0.15) is 4.31 Å². The summed E-state index contributed by atoms with van der Waals surface area (Å²) in [5.41, 5.74) is 2.16. The van der Waals surface area contributed by atoms with Gasteiger partial charge in [0, 0.05) is 13.1 Å². The topological polar surface area (TPSA) is 63.7 Å². The van der Waals surface area contributed by atoms with Crippen molar-refractivity contribution in [3.05, 3.63) is 40.3 Å². The van der Waals surface area contributed by atoms with Crippen LogP contribution in [0.4, 0.5) is 0 Å². The average molecular weight is 363 g/mol. The molecule has 0 bridgehead atoms.